The summed E-state index contributed by atoms with van der Waals surface area (Å²) in [4.78, 5) is 2.08. The van der Waals surface area contributed by atoms with E-state index >= 15 is 0 Å². The number of hydrogen-bond acceptors (Lipinski definition) is 2. The molecule has 2 bridgehead atoms. The molecule has 1 fully saturated rings. The summed E-state index contributed by atoms with van der Waals surface area (Å²) in [6.07, 6.45) is 0. The van der Waals surface area contributed by atoms with E-state index in [1.165, 1.54) is 0 Å². The third-order valence-corrected chi connectivity index (χ3v) is 5.14. The first-order valence-electron chi connectivity index (χ1n) is 7.04. The van der Waals surface area contributed by atoms with Gasteiger partial charge in [0.25, 0.3) is 0 Å². The van der Waals surface area contributed by atoms with E-state index in [2.05, 4.69) is 30.6 Å². The van der Waals surface area contributed by atoms with E-state index in [9.17, 15) is 0 Å². The van der Waals surface area contributed by atoms with Gasteiger partial charge in [-0.2, -0.15) is 0 Å². The molecule has 0 aromatic heterocycles. The highest BCUT2D eigenvalue weighted by Crippen LogP contribution is 2.49. The SMILES string of the molecule is C=C(C)CN1C(=S)NC2c3c(Cl)cccc3OC1(C)C2C. The van der Waals surface area contributed by atoms with Crippen LogP contribution in [0.5, 0.6) is 5.75 Å². The van der Waals surface area contributed by atoms with E-state index in [1.807, 2.05) is 25.1 Å². The van der Waals surface area contributed by atoms with Crippen LogP contribution in [-0.4, -0.2) is 22.3 Å². The minimum absolute atomic E-state index is 0.0707. The minimum Gasteiger partial charge on any atom is -0.467 e. The summed E-state index contributed by atoms with van der Waals surface area (Å²) in [6, 6.07) is 5.84. The molecule has 1 saturated heterocycles. The van der Waals surface area contributed by atoms with Crippen molar-refractivity contribution in [2.45, 2.75) is 32.5 Å². The molecule has 112 valence electrons. The van der Waals surface area contributed by atoms with Gasteiger partial charge in [0.2, 0.25) is 0 Å². The summed E-state index contributed by atoms with van der Waals surface area (Å²) in [5.74, 6) is 1.03. The first-order valence-corrected chi connectivity index (χ1v) is 7.83. The van der Waals surface area contributed by atoms with Crippen LogP contribution in [0, 0.1) is 5.92 Å². The van der Waals surface area contributed by atoms with Gasteiger partial charge < -0.3 is 15.0 Å². The van der Waals surface area contributed by atoms with Gasteiger partial charge in [0.15, 0.2) is 10.8 Å². The van der Waals surface area contributed by atoms with Crippen LogP contribution in [0.2, 0.25) is 5.02 Å². The molecular formula is C16H19ClN2OS. The number of halogens is 1. The Morgan fingerprint density at radius 2 is 2.29 bits per heavy atom. The molecule has 2 aliphatic rings. The summed E-state index contributed by atoms with van der Waals surface area (Å²) >= 11 is 11.9. The van der Waals surface area contributed by atoms with Crippen LogP contribution in [0.15, 0.2) is 30.4 Å². The second-order valence-corrected chi connectivity index (χ2v) is 6.86. The number of nitrogens with zero attached hydrogens (tertiary/aromatic N) is 1. The van der Waals surface area contributed by atoms with Crippen LogP contribution in [0.1, 0.15) is 32.4 Å². The van der Waals surface area contributed by atoms with Gasteiger partial charge in [-0.25, -0.2) is 0 Å². The van der Waals surface area contributed by atoms with Gasteiger partial charge in [0, 0.05) is 23.0 Å². The largest absolute Gasteiger partial charge is 0.467 e. The van der Waals surface area contributed by atoms with E-state index in [1.54, 1.807) is 0 Å². The Bertz CT molecular complexity index is 633. The third kappa shape index (κ3) is 2.12. The average molecular weight is 323 g/mol. The topological polar surface area (TPSA) is 24.5 Å². The molecule has 0 radical (unpaired) electrons. The number of fused-ring (bicyclic) bond motifs is 4. The first kappa shape index (κ1) is 14.7. The van der Waals surface area contributed by atoms with Crippen molar-refractivity contribution in [3.63, 3.8) is 0 Å². The Balaban J connectivity index is 2.11. The van der Waals surface area contributed by atoms with Gasteiger partial charge in [-0.1, -0.05) is 36.7 Å². The Hall–Kier alpha value is -1.26. The van der Waals surface area contributed by atoms with E-state index in [-0.39, 0.29) is 12.0 Å². The molecule has 3 nitrogen and oxygen atoms in total. The second kappa shape index (κ2) is 4.89. The molecule has 1 N–H and O–H groups in total. The van der Waals surface area contributed by atoms with Gasteiger partial charge in [-0.05, 0) is 38.2 Å². The fourth-order valence-corrected chi connectivity index (χ4v) is 3.85. The van der Waals surface area contributed by atoms with E-state index in [0.717, 1.165) is 21.9 Å². The van der Waals surface area contributed by atoms with E-state index < -0.39 is 5.72 Å². The fraction of sp³-hybridized carbons (Fsp3) is 0.438. The molecule has 2 heterocycles. The maximum atomic E-state index is 6.38. The van der Waals surface area contributed by atoms with Crippen molar-refractivity contribution in [3.8, 4) is 5.75 Å². The fourth-order valence-electron chi connectivity index (χ4n) is 3.19. The van der Waals surface area contributed by atoms with Crippen molar-refractivity contribution in [1.82, 2.24) is 10.2 Å². The monoisotopic (exact) mass is 322 g/mol. The summed E-state index contributed by atoms with van der Waals surface area (Å²) in [5, 5.41) is 4.83. The average Bonchev–Trinajstić information content (AvgIpc) is 2.39. The molecule has 0 saturated carbocycles. The standard InChI is InChI=1S/C16H19ClN2OS/c1-9(2)8-19-15(21)18-14-10(3)16(19,4)20-12-7-5-6-11(17)13(12)14/h5-7,10,14H,1,8H2,2-4H3,(H,18,21). The quantitative estimate of drug-likeness (QED) is 0.659. The zero-order chi connectivity index (χ0) is 15.4. The van der Waals surface area contributed by atoms with Crippen molar-refractivity contribution in [3.05, 3.63) is 40.9 Å². The van der Waals surface area contributed by atoms with Crippen LogP contribution >= 0.6 is 23.8 Å². The minimum atomic E-state index is -0.496. The first-order chi connectivity index (χ1) is 9.84. The second-order valence-electron chi connectivity index (χ2n) is 6.07. The predicted octanol–water partition coefficient (Wildman–Crippen LogP) is 3.89. The molecule has 0 spiro atoms. The zero-order valence-corrected chi connectivity index (χ0v) is 14.0. The number of rotatable bonds is 2. The molecule has 1 aromatic carbocycles. The molecule has 21 heavy (non-hydrogen) atoms. The maximum absolute atomic E-state index is 6.38. The Kier molecular flexibility index (Phi) is 3.41. The highest BCUT2D eigenvalue weighted by atomic mass is 35.5. The highest BCUT2D eigenvalue weighted by Gasteiger charge is 2.53. The molecule has 0 aliphatic carbocycles. The van der Waals surface area contributed by atoms with E-state index in [0.29, 0.717) is 11.7 Å². The normalized spacial score (nSPS) is 30.3. The highest BCUT2D eigenvalue weighted by molar-refractivity contribution is 7.80. The lowest BCUT2D eigenvalue weighted by Crippen LogP contribution is -2.69. The molecule has 2 aliphatic heterocycles. The maximum Gasteiger partial charge on any atom is 0.187 e. The van der Waals surface area contributed by atoms with Crippen molar-refractivity contribution in [2.75, 3.05) is 6.54 Å². The molecule has 0 amide bonds. The Morgan fingerprint density at radius 3 is 2.95 bits per heavy atom. The smallest absolute Gasteiger partial charge is 0.187 e. The summed E-state index contributed by atoms with van der Waals surface area (Å²) < 4.78 is 6.34. The number of thiocarbonyl (C=S) groups is 1. The van der Waals surface area contributed by atoms with Crippen LogP contribution in [0.4, 0.5) is 0 Å². The molecule has 3 atom stereocenters. The molecule has 3 rings (SSSR count). The number of nitrogens with one attached hydrogen (secondary N) is 1. The van der Waals surface area contributed by atoms with Gasteiger partial charge in [-0.3, -0.25) is 0 Å². The molecule has 1 aromatic rings. The lowest BCUT2D eigenvalue weighted by atomic mass is 9.81. The third-order valence-electron chi connectivity index (χ3n) is 4.47. The predicted molar refractivity (Wildman–Crippen MR) is 89.6 cm³/mol. The zero-order valence-electron chi connectivity index (χ0n) is 12.4. The van der Waals surface area contributed by atoms with Crippen LogP contribution in [0.25, 0.3) is 0 Å². The van der Waals surface area contributed by atoms with Crippen molar-refractivity contribution < 1.29 is 4.74 Å². The van der Waals surface area contributed by atoms with Crippen molar-refractivity contribution >= 4 is 28.9 Å². The Labute approximate surface area is 135 Å². The van der Waals surface area contributed by atoms with Crippen LogP contribution < -0.4 is 10.1 Å². The van der Waals surface area contributed by atoms with Crippen LogP contribution in [0.3, 0.4) is 0 Å². The number of benzene rings is 1. The summed E-state index contributed by atoms with van der Waals surface area (Å²) in [5.41, 5.74) is 1.55. The van der Waals surface area contributed by atoms with Gasteiger partial charge in [-0.15, -0.1) is 0 Å². The van der Waals surface area contributed by atoms with Crippen molar-refractivity contribution in [2.24, 2.45) is 5.92 Å². The van der Waals surface area contributed by atoms with Crippen molar-refractivity contribution in [1.29, 1.82) is 0 Å². The molecule has 5 heteroatoms. The van der Waals surface area contributed by atoms with Gasteiger partial charge in [0.1, 0.15) is 5.75 Å². The number of ether oxygens (including phenoxy) is 1. The lowest BCUT2D eigenvalue weighted by molar-refractivity contribution is -0.107. The van der Waals surface area contributed by atoms with Gasteiger partial charge >= 0.3 is 0 Å². The lowest BCUT2D eigenvalue weighted by Gasteiger charge is -2.56. The summed E-state index contributed by atoms with van der Waals surface area (Å²) in [6.45, 7) is 10.9. The Morgan fingerprint density at radius 1 is 1.57 bits per heavy atom. The van der Waals surface area contributed by atoms with Gasteiger partial charge in [0.05, 0.1) is 6.04 Å². The number of hydrogen-bond donors (Lipinski definition) is 1. The van der Waals surface area contributed by atoms with Crippen LogP contribution in [-0.2, 0) is 0 Å². The molecular weight excluding hydrogens is 304 g/mol. The van der Waals surface area contributed by atoms with E-state index in [4.69, 9.17) is 28.6 Å². The molecule has 3 unspecified atom stereocenters. The summed E-state index contributed by atoms with van der Waals surface area (Å²) in [7, 11) is 0.